The Morgan fingerprint density at radius 2 is 1.78 bits per heavy atom. The van der Waals surface area contributed by atoms with Gasteiger partial charge in [-0.05, 0) is 18.6 Å². The summed E-state index contributed by atoms with van der Waals surface area (Å²) in [5, 5.41) is 17.8. The molecule has 1 aliphatic heterocycles. The first kappa shape index (κ1) is 21.6. The fourth-order valence-corrected chi connectivity index (χ4v) is 3.68. The minimum absolute atomic E-state index is 0.115. The number of anilines is 1. The first-order valence-electron chi connectivity index (χ1n) is 10.4. The molecule has 32 heavy (non-hydrogen) atoms. The number of hydrogen-bond acceptors (Lipinski definition) is 8. The van der Waals surface area contributed by atoms with Gasteiger partial charge in [0.25, 0.3) is 5.69 Å². The molecule has 1 aliphatic rings. The molecule has 4 rings (SSSR count). The predicted molar refractivity (Wildman–Crippen MR) is 118 cm³/mol. The van der Waals surface area contributed by atoms with Gasteiger partial charge in [-0.3, -0.25) is 24.7 Å². The van der Waals surface area contributed by atoms with Gasteiger partial charge < -0.3 is 9.84 Å². The van der Waals surface area contributed by atoms with E-state index in [1.807, 2.05) is 36.1 Å². The van der Waals surface area contributed by atoms with Crippen LogP contribution in [0.4, 0.5) is 11.4 Å². The Balaban J connectivity index is 1.27. The van der Waals surface area contributed by atoms with E-state index in [2.05, 4.69) is 20.4 Å². The summed E-state index contributed by atoms with van der Waals surface area (Å²) in [6.07, 6.45) is 0. The third kappa shape index (κ3) is 5.16. The van der Waals surface area contributed by atoms with Gasteiger partial charge in [0.1, 0.15) is 5.69 Å². The highest BCUT2D eigenvalue weighted by atomic mass is 16.6. The quantitative estimate of drug-likeness (QED) is 0.444. The zero-order valence-corrected chi connectivity index (χ0v) is 17.7. The number of rotatable bonds is 7. The molecule has 0 saturated carbocycles. The van der Waals surface area contributed by atoms with Gasteiger partial charge in [-0.15, -0.1) is 0 Å². The molecule has 2 heterocycles. The molecule has 0 bridgehead atoms. The van der Waals surface area contributed by atoms with E-state index < -0.39 is 4.92 Å². The summed E-state index contributed by atoms with van der Waals surface area (Å²) in [5.74, 6) is 0.877. The number of carbonyl (C=O) groups excluding carboxylic acids is 1. The van der Waals surface area contributed by atoms with Crippen molar-refractivity contribution in [2.24, 2.45) is 0 Å². The second kappa shape index (κ2) is 9.67. The number of hydrogen-bond donors (Lipinski definition) is 1. The number of amides is 1. The van der Waals surface area contributed by atoms with E-state index in [-0.39, 0.29) is 23.8 Å². The molecule has 1 N–H and O–H groups in total. The van der Waals surface area contributed by atoms with E-state index in [0.29, 0.717) is 31.3 Å². The minimum atomic E-state index is -0.504. The molecule has 1 aromatic heterocycles. The van der Waals surface area contributed by atoms with Crippen LogP contribution in [0, 0.1) is 17.0 Å². The summed E-state index contributed by atoms with van der Waals surface area (Å²) in [7, 11) is 0. The number of nitro groups is 1. The molecule has 0 unspecified atom stereocenters. The SMILES string of the molecule is Cc1ccccc1-c1noc(CN2CCN(CC(=O)Nc3ccccc3[N+](=O)[O-])CC2)n1. The second-order valence-corrected chi connectivity index (χ2v) is 7.70. The smallest absolute Gasteiger partial charge is 0.292 e. The number of aromatic nitrogens is 2. The Morgan fingerprint density at radius 1 is 1.09 bits per heavy atom. The van der Waals surface area contributed by atoms with E-state index in [4.69, 9.17) is 4.52 Å². The zero-order valence-electron chi connectivity index (χ0n) is 17.7. The molecule has 10 heteroatoms. The molecule has 10 nitrogen and oxygen atoms in total. The molecule has 166 valence electrons. The fraction of sp³-hybridized carbons (Fsp3) is 0.318. The summed E-state index contributed by atoms with van der Waals surface area (Å²) in [6, 6.07) is 14.0. The Bertz CT molecular complexity index is 1110. The zero-order chi connectivity index (χ0) is 22.5. The van der Waals surface area contributed by atoms with Crippen LogP contribution in [-0.4, -0.2) is 63.5 Å². The van der Waals surface area contributed by atoms with Crippen molar-refractivity contribution in [1.29, 1.82) is 0 Å². The average molecular weight is 436 g/mol. The molecule has 2 aromatic carbocycles. The lowest BCUT2D eigenvalue weighted by molar-refractivity contribution is -0.383. The lowest BCUT2D eigenvalue weighted by Gasteiger charge is -2.33. The Kier molecular flexibility index (Phi) is 6.52. The summed E-state index contributed by atoms with van der Waals surface area (Å²) < 4.78 is 5.43. The normalized spacial score (nSPS) is 14.9. The van der Waals surface area contributed by atoms with Gasteiger partial charge in [-0.1, -0.05) is 41.6 Å². The molecular formula is C22H24N6O4. The largest absolute Gasteiger partial charge is 0.338 e. The molecule has 0 radical (unpaired) electrons. The number of nitrogens with zero attached hydrogens (tertiary/aromatic N) is 5. The van der Waals surface area contributed by atoms with Gasteiger partial charge in [0.2, 0.25) is 17.6 Å². The first-order valence-corrected chi connectivity index (χ1v) is 10.4. The third-order valence-electron chi connectivity index (χ3n) is 5.42. The number of piperazine rings is 1. The second-order valence-electron chi connectivity index (χ2n) is 7.70. The van der Waals surface area contributed by atoms with Gasteiger partial charge in [-0.25, -0.2) is 0 Å². The van der Waals surface area contributed by atoms with Crippen molar-refractivity contribution < 1.29 is 14.2 Å². The van der Waals surface area contributed by atoms with Crippen molar-refractivity contribution in [3.8, 4) is 11.4 Å². The van der Waals surface area contributed by atoms with E-state index in [1.54, 1.807) is 12.1 Å². The maximum atomic E-state index is 12.4. The third-order valence-corrected chi connectivity index (χ3v) is 5.42. The lowest BCUT2D eigenvalue weighted by Crippen LogP contribution is -2.48. The standard InChI is InChI=1S/C22H24N6O4/c1-16-6-2-3-7-17(16)22-24-21(32-25-22)15-27-12-10-26(11-13-27)14-20(29)23-18-8-4-5-9-19(18)28(30)31/h2-9H,10-15H2,1H3,(H,23,29). The average Bonchev–Trinajstić information content (AvgIpc) is 3.24. The summed E-state index contributed by atoms with van der Waals surface area (Å²) >= 11 is 0. The molecule has 0 aliphatic carbocycles. The van der Waals surface area contributed by atoms with Crippen molar-refractivity contribution >= 4 is 17.3 Å². The summed E-state index contributed by atoms with van der Waals surface area (Å²) in [6.45, 7) is 5.64. The fourth-order valence-electron chi connectivity index (χ4n) is 3.68. The van der Waals surface area contributed by atoms with E-state index >= 15 is 0 Å². The van der Waals surface area contributed by atoms with Crippen molar-refractivity contribution in [1.82, 2.24) is 19.9 Å². The number of carbonyl (C=O) groups is 1. The topological polar surface area (TPSA) is 118 Å². The highest BCUT2D eigenvalue weighted by molar-refractivity contribution is 5.94. The molecule has 0 spiro atoms. The molecule has 1 amide bonds. The van der Waals surface area contributed by atoms with Crippen molar-refractivity contribution in [3.63, 3.8) is 0 Å². The monoisotopic (exact) mass is 436 g/mol. The highest BCUT2D eigenvalue weighted by Crippen LogP contribution is 2.23. The van der Waals surface area contributed by atoms with Crippen molar-refractivity contribution in [2.45, 2.75) is 13.5 Å². The van der Waals surface area contributed by atoms with E-state index in [0.717, 1.165) is 24.2 Å². The van der Waals surface area contributed by atoms with Gasteiger partial charge in [0.15, 0.2) is 0 Å². The number of para-hydroxylation sites is 2. The van der Waals surface area contributed by atoms with E-state index in [1.165, 1.54) is 12.1 Å². The molecular weight excluding hydrogens is 412 g/mol. The number of nitrogens with one attached hydrogen (secondary N) is 1. The van der Waals surface area contributed by atoms with Crippen LogP contribution in [0.1, 0.15) is 11.5 Å². The maximum absolute atomic E-state index is 12.4. The minimum Gasteiger partial charge on any atom is -0.338 e. The van der Waals surface area contributed by atoms with Gasteiger partial charge in [0, 0.05) is 37.8 Å². The number of benzene rings is 2. The van der Waals surface area contributed by atoms with Crippen LogP contribution >= 0.6 is 0 Å². The molecule has 0 atom stereocenters. The Labute approximate surface area is 185 Å². The summed E-state index contributed by atoms with van der Waals surface area (Å²) in [5.41, 5.74) is 2.14. The van der Waals surface area contributed by atoms with Crippen LogP contribution in [0.25, 0.3) is 11.4 Å². The maximum Gasteiger partial charge on any atom is 0.292 e. The van der Waals surface area contributed by atoms with Crippen LogP contribution in [0.15, 0.2) is 53.1 Å². The Hall–Kier alpha value is -3.63. The van der Waals surface area contributed by atoms with Crippen LogP contribution in [0.3, 0.4) is 0 Å². The molecule has 1 fully saturated rings. The number of nitro benzene ring substituents is 1. The summed E-state index contributed by atoms with van der Waals surface area (Å²) in [4.78, 5) is 31.7. The van der Waals surface area contributed by atoms with E-state index in [9.17, 15) is 14.9 Å². The first-order chi connectivity index (χ1) is 15.5. The van der Waals surface area contributed by atoms with Gasteiger partial charge >= 0.3 is 0 Å². The lowest BCUT2D eigenvalue weighted by atomic mass is 10.1. The number of aryl methyl sites for hydroxylation is 1. The van der Waals surface area contributed by atoms with Crippen LogP contribution < -0.4 is 5.32 Å². The molecule has 1 saturated heterocycles. The Morgan fingerprint density at radius 3 is 2.53 bits per heavy atom. The van der Waals surface area contributed by atoms with Gasteiger partial charge in [-0.2, -0.15) is 4.98 Å². The van der Waals surface area contributed by atoms with Crippen molar-refractivity contribution in [3.05, 3.63) is 70.1 Å². The predicted octanol–water partition coefficient (Wildman–Crippen LogP) is 2.71. The van der Waals surface area contributed by atoms with Crippen LogP contribution in [0.2, 0.25) is 0 Å². The van der Waals surface area contributed by atoms with Crippen LogP contribution in [-0.2, 0) is 11.3 Å². The molecule has 3 aromatic rings. The van der Waals surface area contributed by atoms with Gasteiger partial charge in [0.05, 0.1) is 18.0 Å². The van der Waals surface area contributed by atoms with Crippen molar-refractivity contribution in [2.75, 3.05) is 38.0 Å². The van der Waals surface area contributed by atoms with Crippen LogP contribution in [0.5, 0.6) is 0 Å². The highest BCUT2D eigenvalue weighted by Gasteiger charge is 2.22.